The number of aromatic nitrogens is 1. The number of hydrogen-bond acceptors (Lipinski definition) is 3. The van der Waals surface area contributed by atoms with Gasteiger partial charge in [0.25, 0.3) is 5.91 Å². The largest absolute Gasteiger partial charge is 0.397 e. The molecule has 1 aromatic rings. The highest BCUT2D eigenvalue weighted by Crippen LogP contribution is 2.11. The first-order valence-electron chi connectivity index (χ1n) is 5.42. The Morgan fingerprint density at radius 2 is 2.00 bits per heavy atom. The van der Waals surface area contributed by atoms with Gasteiger partial charge in [-0.1, -0.05) is 13.8 Å². The van der Waals surface area contributed by atoms with Crippen molar-refractivity contribution in [2.24, 2.45) is 5.92 Å². The topological polar surface area (TPSA) is 59.2 Å². The van der Waals surface area contributed by atoms with Gasteiger partial charge in [-0.15, -0.1) is 0 Å². The van der Waals surface area contributed by atoms with Crippen LogP contribution in [0.5, 0.6) is 0 Å². The highest BCUT2D eigenvalue weighted by atomic mass is 16.2. The van der Waals surface area contributed by atoms with E-state index in [1.807, 2.05) is 6.92 Å². The van der Waals surface area contributed by atoms with Gasteiger partial charge in [-0.3, -0.25) is 4.79 Å². The number of carbonyl (C=O) groups is 1. The Kier molecular flexibility index (Phi) is 3.88. The molecule has 0 bridgehead atoms. The van der Waals surface area contributed by atoms with E-state index in [4.69, 9.17) is 5.73 Å². The van der Waals surface area contributed by atoms with E-state index in [-0.39, 0.29) is 11.9 Å². The zero-order valence-corrected chi connectivity index (χ0v) is 10.3. The molecule has 1 aromatic heterocycles. The van der Waals surface area contributed by atoms with Crippen LogP contribution in [0.15, 0.2) is 18.3 Å². The van der Waals surface area contributed by atoms with Crippen LogP contribution in [0.2, 0.25) is 0 Å². The van der Waals surface area contributed by atoms with E-state index in [0.29, 0.717) is 17.3 Å². The predicted octanol–water partition coefficient (Wildman–Crippen LogP) is 1.78. The van der Waals surface area contributed by atoms with Crippen molar-refractivity contribution in [3.8, 4) is 0 Å². The first-order valence-corrected chi connectivity index (χ1v) is 5.42. The molecule has 0 aliphatic heterocycles. The van der Waals surface area contributed by atoms with Gasteiger partial charge in [0, 0.05) is 13.1 Å². The number of nitrogen functional groups attached to an aromatic ring is 1. The lowest BCUT2D eigenvalue weighted by Crippen LogP contribution is -2.38. The van der Waals surface area contributed by atoms with Crippen LogP contribution in [0.1, 0.15) is 31.3 Å². The Hall–Kier alpha value is -1.58. The van der Waals surface area contributed by atoms with Crippen molar-refractivity contribution in [1.82, 2.24) is 9.88 Å². The van der Waals surface area contributed by atoms with E-state index in [0.717, 1.165) is 0 Å². The molecule has 0 aromatic carbocycles. The van der Waals surface area contributed by atoms with Crippen LogP contribution in [0.25, 0.3) is 0 Å². The summed E-state index contributed by atoms with van der Waals surface area (Å²) in [5.74, 6) is 0.351. The Bertz CT molecular complexity index is 359. The summed E-state index contributed by atoms with van der Waals surface area (Å²) >= 11 is 0. The second-order valence-electron chi connectivity index (χ2n) is 4.38. The van der Waals surface area contributed by atoms with Gasteiger partial charge < -0.3 is 10.6 Å². The third-order valence-corrected chi connectivity index (χ3v) is 2.90. The summed E-state index contributed by atoms with van der Waals surface area (Å²) < 4.78 is 0. The van der Waals surface area contributed by atoms with Crippen molar-refractivity contribution in [1.29, 1.82) is 0 Å². The molecule has 1 amide bonds. The first kappa shape index (κ1) is 12.5. The minimum absolute atomic E-state index is 0.0683. The number of carbonyl (C=O) groups excluding carboxylic acids is 1. The fourth-order valence-electron chi connectivity index (χ4n) is 1.34. The average Bonchev–Trinajstić information content (AvgIpc) is 2.27. The number of anilines is 1. The number of nitrogens with zero attached hydrogens (tertiary/aromatic N) is 2. The molecule has 0 spiro atoms. The summed E-state index contributed by atoms with van der Waals surface area (Å²) in [5, 5.41) is 0. The van der Waals surface area contributed by atoms with Gasteiger partial charge in [-0.25, -0.2) is 4.98 Å². The van der Waals surface area contributed by atoms with Crippen LogP contribution in [0, 0.1) is 5.92 Å². The molecule has 4 heteroatoms. The molecule has 88 valence electrons. The van der Waals surface area contributed by atoms with Crippen molar-refractivity contribution < 1.29 is 4.79 Å². The van der Waals surface area contributed by atoms with Gasteiger partial charge in [0.2, 0.25) is 0 Å². The Morgan fingerprint density at radius 3 is 2.44 bits per heavy atom. The van der Waals surface area contributed by atoms with Crippen LogP contribution in [0.3, 0.4) is 0 Å². The number of pyridine rings is 1. The second kappa shape index (κ2) is 4.96. The predicted molar refractivity (Wildman–Crippen MR) is 65.0 cm³/mol. The molecule has 0 saturated carbocycles. The molecule has 0 aliphatic rings. The quantitative estimate of drug-likeness (QED) is 0.846. The zero-order valence-electron chi connectivity index (χ0n) is 10.3. The van der Waals surface area contributed by atoms with Gasteiger partial charge >= 0.3 is 0 Å². The maximum atomic E-state index is 12.0. The molecular weight excluding hydrogens is 202 g/mol. The lowest BCUT2D eigenvalue weighted by atomic mass is 10.0. The van der Waals surface area contributed by atoms with Gasteiger partial charge in [0.05, 0.1) is 11.9 Å². The third-order valence-electron chi connectivity index (χ3n) is 2.90. The smallest absolute Gasteiger partial charge is 0.272 e. The van der Waals surface area contributed by atoms with E-state index in [9.17, 15) is 4.79 Å². The van der Waals surface area contributed by atoms with Crippen molar-refractivity contribution >= 4 is 11.6 Å². The van der Waals surface area contributed by atoms with Gasteiger partial charge in [-0.05, 0) is 25.0 Å². The van der Waals surface area contributed by atoms with E-state index in [2.05, 4.69) is 18.8 Å². The lowest BCUT2D eigenvalue weighted by molar-refractivity contribution is 0.0701. The van der Waals surface area contributed by atoms with Crippen LogP contribution < -0.4 is 5.73 Å². The monoisotopic (exact) mass is 221 g/mol. The van der Waals surface area contributed by atoms with Gasteiger partial charge in [-0.2, -0.15) is 0 Å². The minimum Gasteiger partial charge on any atom is -0.397 e. The molecule has 0 fully saturated rings. The van der Waals surface area contributed by atoms with Crippen molar-refractivity contribution in [2.75, 3.05) is 12.8 Å². The molecule has 1 unspecified atom stereocenters. The standard InChI is InChI=1S/C12H19N3O/c1-8(2)9(3)15(4)12(16)11-6-5-10(13)7-14-11/h5-9H,13H2,1-4H3. The molecule has 16 heavy (non-hydrogen) atoms. The summed E-state index contributed by atoms with van der Waals surface area (Å²) in [5.41, 5.74) is 6.52. The van der Waals surface area contributed by atoms with E-state index in [1.165, 1.54) is 6.20 Å². The van der Waals surface area contributed by atoms with E-state index in [1.54, 1.807) is 24.1 Å². The minimum atomic E-state index is -0.0683. The Balaban J connectivity index is 2.82. The zero-order chi connectivity index (χ0) is 12.3. The van der Waals surface area contributed by atoms with Crippen LogP contribution >= 0.6 is 0 Å². The normalized spacial score (nSPS) is 12.6. The Morgan fingerprint density at radius 1 is 1.38 bits per heavy atom. The molecule has 4 nitrogen and oxygen atoms in total. The van der Waals surface area contributed by atoms with E-state index < -0.39 is 0 Å². The van der Waals surface area contributed by atoms with Crippen LogP contribution in [0.4, 0.5) is 5.69 Å². The molecule has 2 N–H and O–H groups in total. The maximum absolute atomic E-state index is 12.0. The van der Waals surface area contributed by atoms with Crippen molar-refractivity contribution in [3.05, 3.63) is 24.0 Å². The second-order valence-corrected chi connectivity index (χ2v) is 4.38. The van der Waals surface area contributed by atoms with E-state index >= 15 is 0 Å². The molecule has 1 atom stereocenters. The molecule has 1 heterocycles. The number of hydrogen-bond donors (Lipinski definition) is 1. The maximum Gasteiger partial charge on any atom is 0.272 e. The Labute approximate surface area is 96.5 Å². The van der Waals surface area contributed by atoms with Gasteiger partial charge in [0.1, 0.15) is 5.69 Å². The lowest BCUT2D eigenvalue weighted by Gasteiger charge is -2.27. The molecule has 0 aliphatic carbocycles. The molecule has 1 rings (SSSR count). The molecule has 0 saturated heterocycles. The first-order chi connectivity index (χ1) is 7.43. The van der Waals surface area contributed by atoms with Crippen LogP contribution in [-0.2, 0) is 0 Å². The highest BCUT2D eigenvalue weighted by Gasteiger charge is 2.20. The molecule has 0 radical (unpaired) electrons. The number of nitrogens with two attached hydrogens (primary N) is 1. The number of amides is 1. The fraction of sp³-hybridized carbons (Fsp3) is 0.500. The average molecular weight is 221 g/mol. The van der Waals surface area contributed by atoms with Crippen LogP contribution in [-0.4, -0.2) is 28.9 Å². The number of rotatable bonds is 3. The summed E-state index contributed by atoms with van der Waals surface area (Å²) in [4.78, 5) is 17.8. The molecular formula is C12H19N3O. The fourth-order valence-corrected chi connectivity index (χ4v) is 1.34. The van der Waals surface area contributed by atoms with Gasteiger partial charge in [0.15, 0.2) is 0 Å². The van der Waals surface area contributed by atoms with Crippen molar-refractivity contribution in [3.63, 3.8) is 0 Å². The summed E-state index contributed by atoms with van der Waals surface area (Å²) in [7, 11) is 1.80. The van der Waals surface area contributed by atoms with Crippen molar-refractivity contribution in [2.45, 2.75) is 26.8 Å². The summed E-state index contributed by atoms with van der Waals surface area (Å²) in [6.07, 6.45) is 1.50. The summed E-state index contributed by atoms with van der Waals surface area (Å²) in [6, 6.07) is 3.53. The summed E-state index contributed by atoms with van der Waals surface area (Å²) in [6.45, 7) is 6.20. The highest BCUT2D eigenvalue weighted by molar-refractivity contribution is 5.92. The third kappa shape index (κ3) is 2.72. The SMILES string of the molecule is CC(C)C(C)N(C)C(=O)c1ccc(N)cn1.